The van der Waals surface area contributed by atoms with Gasteiger partial charge in [0.25, 0.3) is 0 Å². The molecule has 1 aliphatic rings. The zero-order valence-electron chi connectivity index (χ0n) is 11.4. The fourth-order valence-corrected chi connectivity index (χ4v) is 3.94. The van der Waals surface area contributed by atoms with Crippen LogP contribution in [0.5, 0.6) is 0 Å². The predicted molar refractivity (Wildman–Crippen MR) is 81.5 cm³/mol. The smallest absolute Gasteiger partial charge is 0.220 e. The Balaban J connectivity index is 2.19. The molecule has 2 aromatic rings. The Bertz CT molecular complexity index is 870. The van der Waals surface area contributed by atoms with Crippen LogP contribution in [0.4, 0.5) is 0 Å². The van der Waals surface area contributed by atoms with E-state index in [9.17, 15) is 13.2 Å². The predicted octanol–water partition coefficient (Wildman–Crippen LogP) is 1.55. The number of carbonyl (C=O) groups excluding carboxylic acids is 1. The van der Waals surface area contributed by atoms with E-state index in [0.717, 1.165) is 5.52 Å². The second-order valence-electron chi connectivity index (χ2n) is 5.22. The van der Waals surface area contributed by atoms with Gasteiger partial charge in [0.05, 0.1) is 22.0 Å². The maximum atomic E-state index is 11.9. The Hall–Kier alpha value is -1.67. The maximum Gasteiger partial charge on any atom is 0.220 e. The first-order valence-corrected chi connectivity index (χ1v) is 8.88. The number of hydrogen-bond donors (Lipinski definition) is 2. The van der Waals surface area contributed by atoms with E-state index in [1.807, 2.05) is 10.6 Å². The first-order valence-electron chi connectivity index (χ1n) is 6.58. The van der Waals surface area contributed by atoms with Crippen LogP contribution in [-0.2, 0) is 14.6 Å². The largest absolute Gasteiger partial charge is 0.354 e. The Morgan fingerprint density at radius 2 is 2.14 bits per heavy atom. The van der Waals surface area contributed by atoms with Crippen LogP contribution >= 0.6 is 12.2 Å². The molecule has 0 spiro atoms. The van der Waals surface area contributed by atoms with E-state index in [-0.39, 0.29) is 16.8 Å². The summed E-state index contributed by atoms with van der Waals surface area (Å²) in [6, 6.07) is 5.15. The molecule has 8 heteroatoms. The minimum atomic E-state index is -3.33. The lowest BCUT2D eigenvalue weighted by atomic mass is 10.1. The van der Waals surface area contributed by atoms with E-state index in [4.69, 9.17) is 12.2 Å². The van der Waals surface area contributed by atoms with Crippen LogP contribution in [0, 0.1) is 4.77 Å². The van der Waals surface area contributed by atoms with Crippen molar-refractivity contribution in [3.8, 4) is 0 Å². The van der Waals surface area contributed by atoms with Gasteiger partial charge in [-0.3, -0.25) is 4.79 Å². The van der Waals surface area contributed by atoms with Crippen LogP contribution in [0.1, 0.15) is 18.9 Å². The molecular weight excluding hydrogens is 310 g/mol. The fraction of sp³-hybridized carbons (Fsp3) is 0.385. The topological polar surface area (TPSA) is 84.0 Å². The number of aromatic amines is 1. The second-order valence-corrected chi connectivity index (χ2v) is 7.59. The third-order valence-electron chi connectivity index (χ3n) is 3.72. The number of aromatic nitrogens is 2. The lowest BCUT2D eigenvalue weighted by Gasteiger charge is -2.24. The van der Waals surface area contributed by atoms with Gasteiger partial charge in [0.2, 0.25) is 5.91 Å². The fourth-order valence-electron chi connectivity index (χ4n) is 2.73. The zero-order chi connectivity index (χ0) is 15.2. The number of amides is 1. The van der Waals surface area contributed by atoms with Gasteiger partial charge in [0, 0.05) is 19.2 Å². The van der Waals surface area contributed by atoms with Crippen molar-refractivity contribution in [2.75, 3.05) is 12.8 Å². The van der Waals surface area contributed by atoms with Gasteiger partial charge in [-0.2, -0.15) is 0 Å². The summed E-state index contributed by atoms with van der Waals surface area (Å²) in [4.78, 5) is 14.5. The lowest BCUT2D eigenvalue weighted by molar-refractivity contribution is -0.122. The van der Waals surface area contributed by atoms with Crippen molar-refractivity contribution in [3.63, 3.8) is 0 Å². The van der Waals surface area contributed by atoms with Crippen molar-refractivity contribution < 1.29 is 13.2 Å². The molecule has 1 atom stereocenters. The number of carbonyl (C=O) groups is 1. The van der Waals surface area contributed by atoms with Gasteiger partial charge >= 0.3 is 0 Å². The SMILES string of the molecule is CS(=O)(=O)c1cccc2c1[nH]c(=S)n2C1CCC(=O)NC1. The van der Waals surface area contributed by atoms with Gasteiger partial charge < -0.3 is 14.9 Å². The summed E-state index contributed by atoms with van der Waals surface area (Å²) in [6.07, 6.45) is 2.32. The Kier molecular flexibility index (Phi) is 3.37. The Morgan fingerprint density at radius 1 is 1.38 bits per heavy atom. The normalized spacial score (nSPS) is 19.7. The number of para-hydroxylation sites is 1. The maximum absolute atomic E-state index is 11.9. The second kappa shape index (κ2) is 4.96. The molecule has 1 aliphatic heterocycles. The number of hydrogen-bond acceptors (Lipinski definition) is 4. The summed E-state index contributed by atoms with van der Waals surface area (Å²) in [5, 5.41) is 2.82. The molecule has 1 aromatic heterocycles. The first-order chi connectivity index (χ1) is 9.88. The molecule has 0 bridgehead atoms. The minimum Gasteiger partial charge on any atom is -0.354 e. The molecule has 1 saturated heterocycles. The quantitative estimate of drug-likeness (QED) is 0.821. The molecule has 0 aliphatic carbocycles. The number of piperidine rings is 1. The number of nitrogens with zero attached hydrogens (tertiary/aromatic N) is 1. The van der Waals surface area contributed by atoms with Crippen LogP contribution in [-0.4, -0.2) is 36.7 Å². The van der Waals surface area contributed by atoms with E-state index in [2.05, 4.69) is 10.3 Å². The number of rotatable bonds is 2. The van der Waals surface area contributed by atoms with E-state index in [1.165, 1.54) is 6.26 Å². The summed E-state index contributed by atoms with van der Waals surface area (Å²) >= 11 is 5.35. The highest BCUT2D eigenvalue weighted by Gasteiger charge is 2.23. The van der Waals surface area contributed by atoms with Gasteiger partial charge in [-0.15, -0.1) is 0 Å². The highest BCUT2D eigenvalue weighted by Crippen LogP contribution is 2.27. The molecular formula is C13H15N3O3S2. The molecule has 1 amide bonds. The van der Waals surface area contributed by atoms with Crippen molar-refractivity contribution >= 4 is 39.0 Å². The summed E-state index contributed by atoms with van der Waals surface area (Å²) < 4.78 is 26.1. The summed E-state index contributed by atoms with van der Waals surface area (Å²) in [5.41, 5.74) is 1.28. The van der Waals surface area contributed by atoms with E-state index >= 15 is 0 Å². The third kappa shape index (κ3) is 2.49. The number of sulfone groups is 1. The van der Waals surface area contributed by atoms with Gasteiger partial charge in [0.1, 0.15) is 0 Å². The minimum absolute atomic E-state index is 0.0365. The van der Waals surface area contributed by atoms with Crippen LogP contribution in [0.15, 0.2) is 23.1 Å². The number of benzene rings is 1. The van der Waals surface area contributed by atoms with Crippen molar-refractivity contribution in [1.82, 2.24) is 14.9 Å². The number of fused-ring (bicyclic) bond motifs is 1. The molecule has 6 nitrogen and oxygen atoms in total. The highest BCUT2D eigenvalue weighted by atomic mass is 32.2. The van der Waals surface area contributed by atoms with Crippen molar-refractivity contribution in [2.45, 2.75) is 23.8 Å². The van der Waals surface area contributed by atoms with Gasteiger partial charge in [-0.25, -0.2) is 8.42 Å². The summed E-state index contributed by atoms with van der Waals surface area (Å²) in [6.45, 7) is 0.503. The molecule has 0 saturated carbocycles. The molecule has 21 heavy (non-hydrogen) atoms. The molecule has 2 heterocycles. The van der Waals surface area contributed by atoms with E-state index < -0.39 is 9.84 Å². The van der Waals surface area contributed by atoms with Crippen LogP contribution < -0.4 is 5.32 Å². The third-order valence-corrected chi connectivity index (χ3v) is 5.16. The number of imidazole rings is 1. The van der Waals surface area contributed by atoms with Gasteiger partial charge in [0.15, 0.2) is 14.6 Å². The monoisotopic (exact) mass is 325 g/mol. The summed E-state index contributed by atoms with van der Waals surface area (Å²) in [5.74, 6) is 0.0365. The van der Waals surface area contributed by atoms with Crippen LogP contribution in [0.3, 0.4) is 0 Å². The molecule has 1 aromatic carbocycles. The molecule has 2 N–H and O–H groups in total. The van der Waals surface area contributed by atoms with E-state index in [1.54, 1.807) is 12.1 Å². The molecule has 1 fully saturated rings. The lowest BCUT2D eigenvalue weighted by Crippen LogP contribution is -2.36. The molecule has 0 radical (unpaired) electrons. The average Bonchev–Trinajstić information content (AvgIpc) is 2.74. The van der Waals surface area contributed by atoms with Gasteiger partial charge in [-0.05, 0) is 30.8 Å². The van der Waals surface area contributed by atoms with Crippen LogP contribution in [0.2, 0.25) is 0 Å². The molecule has 112 valence electrons. The van der Waals surface area contributed by atoms with Crippen molar-refractivity contribution in [3.05, 3.63) is 23.0 Å². The van der Waals surface area contributed by atoms with Gasteiger partial charge in [-0.1, -0.05) is 6.07 Å². The Morgan fingerprint density at radius 3 is 2.76 bits per heavy atom. The standard InChI is InChI=1S/C13H15N3O3S2/c1-21(18,19)10-4-2-3-9-12(10)15-13(20)16(9)8-5-6-11(17)14-7-8/h2-4,8H,5-7H2,1H3,(H,14,17)(H,15,20). The average molecular weight is 325 g/mol. The number of nitrogens with one attached hydrogen (secondary N) is 2. The molecule has 3 rings (SSSR count). The molecule has 1 unspecified atom stereocenters. The van der Waals surface area contributed by atoms with E-state index in [0.29, 0.717) is 29.7 Å². The zero-order valence-corrected chi connectivity index (χ0v) is 13.1. The summed E-state index contributed by atoms with van der Waals surface area (Å²) in [7, 11) is -3.33. The number of H-pyrrole nitrogens is 1. The Labute approximate surface area is 127 Å². The van der Waals surface area contributed by atoms with Crippen LogP contribution in [0.25, 0.3) is 11.0 Å². The first kappa shape index (κ1) is 14.3. The van der Waals surface area contributed by atoms with Crippen molar-refractivity contribution in [1.29, 1.82) is 0 Å². The van der Waals surface area contributed by atoms with Crippen molar-refractivity contribution in [2.24, 2.45) is 0 Å². The highest BCUT2D eigenvalue weighted by molar-refractivity contribution is 7.91.